The van der Waals surface area contributed by atoms with E-state index >= 15 is 0 Å². The van der Waals surface area contributed by atoms with Crippen LogP contribution in [0, 0.1) is 17.5 Å². The SMILES string of the molecule is Cl.Cl.N[C@H]1C[C@@H](N2Cc3cnc(OCC(F)(F)F)nc3C2)CC[C@@H]1c1cc(F)c(F)cc1F. The predicted octanol–water partition coefficient (Wildman–Crippen LogP) is 4.66. The summed E-state index contributed by atoms with van der Waals surface area (Å²) >= 11 is 0. The molecule has 5 nitrogen and oxygen atoms in total. The molecule has 3 atom stereocenters. The molecule has 2 heterocycles. The highest BCUT2D eigenvalue weighted by Crippen LogP contribution is 2.38. The number of fused-ring (bicyclic) bond motifs is 1. The fourth-order valence-corrected chi connectivity index (χ4v) is 4.36. The topological polar surface area (TPSA) is 64.3 Å². The molecule has 0 radical (unpaired) electrons. The van der Waals surface area contributed by atoms with Crippen LogP contribution in [-0.4, -0.2) is 39.7 Å². The Balaban J connectivity index is 0.00000193. The van der Waals surface area contributed by atoms with E-state index in [1.54, 1.807) is 0 Å². The number of nitrogens with zero attached hydrogens (tertiary/aromatic N) is 3. The summed E-state index contributed by atoms with van der Waals surface area (Å²) in [5.74, 6) is -3.59. The molecule has 0 bridgehead atoms. The zero-order valence-corrected chi connectivity index (χ0v) is 18.8. The fourth-order valence-electron chi connectivity index (χ4n) is 4.36. The van der Waals surface area contributed by atoms with Gasteiger partial charge >= 0.3 is 12.2 Å². The molecule has 4 rings (SSSR count). The maximum Gasteiger partial charge on any atom is 0.422 e. The van der Waals surface area contributed by atoms with Crippen molar-refractivity contribution in [2.45, 2.75) is 56.5 Å². The molecule has 1 aliphatic heterocycles. The lowest BCUT2D eigenvalue weighted by Crippen LogP contribution is -2.44. The second-order valence-electron chi connectivity index (χ2n) is 7.96. The normalized spacial score (nSPS) is 22.8. The number of hydrogen-bond acceptors (Lipinski definition) is 5. The van der Waals surface area contributed by atoms with Crippen LogP contribution in [0.15, 0.2) is 18.3 Å². The Morgan fingerprint density at radius 3 is 2.39 bits per heavy atom. The zero-order valence-electron chi connectivity index (χ0n) is 17.1. The highest BCUT2D eigenvalue weighted by atomic mass is 35.5. The van der Waals surface area contributed by atoms with Gasteiger partial charge in [0.25, 0.3) is 0 Å². The van der Waals surface area contributed by atoms with Gasteiger partial charge in [0.15, 0.2) is 18.2 Å². The average Bonchev–Trinajstić information content (AvgIpc) is 3.12. The summed E-state index contributed by atoms with van der Waals surface area (Å²) in [5.41, 5.74) is 7.73. The minimum Gasteiger partial charge on any atom is -0.454 e. The van der Waals surface area contributed by atoms with Crippen LogP contribution < -0.4 is 10.5 Å². The Morgan fingerprint density at radius 1 is 1.03 bits per heavy atom. The maximum atomic E-state index is 14.2. The van der Waals surface area contributed by atoms with Gasteiger partial charge in [0.2, 0.25) is 0 Å². The van der Waals surface area contributed by atoms with E-state index < -0.39 is 42.2 Å². The Morgan fingerprint density at radius 2 is 1.73 bits per heavy atom. The van der Waals surface area contributed by atoms with E-state index in [0.29, 0.717) is 44.1 Å². The lowest BCUT2D eigenvalue weighted by atomic mass is 9.77. The first-order valence-corrected chi connectivity index (χ1v) is 9.79. The second-order valence-corrected chi connectivity index (χ2v) is 7.96. The van der Waals surface area contributed by atoms with Crippen molar-refractivity contribution < 1.29 is 31.1 Å². The van der Waals surface area contributed by atoms with Gasteiger partial charge in [-0.15, -0.1) is 24.8 Å². The largest absolute Gasteiger partial charge is 0.454 e. The monoisotopic (exact) mass is 518 g/mol. The molecule has 33 heavy (non-hydrogen) atoms. The quantitative estimate of drug-likeness (QED) is 0.471. The van der Waals surface area contributed by atoms with Gasteiger partial charge in [0.05, 0.1) is 5.69 Å². The fraction of sp³-hybridized carbons (Fsp3) is 0.500. The van der Waals surface area contributed by atoms with Crippen LogP contribution in [0.25, 0.3) is 0 Å². The Kier molecular flexibility index (Phi) is 8.83. The van der Waals surface area contributed by atoms with Crippen molar-refractivity contribution in [2.75, 3.05) is 6.61 Å². The van der Waals surface area contributed by atoms with Crippen molar-refractivity contribution in [1.29, 1.82) is 0 Å². The Hall–Kier alpha value is -1.82. The first-order valence-electron chi connectivity index (χ1n) is 9.79. The van der Waals surface area contributed by atoms with Gasteiger partial charge < -0.3 is 10.5 Å². The average molecular weight is 519 g/mol. The number of benzene rings is 1. The molecule has 1 aliphatic carbocycles. The molecule has 0 spiro atoms. The summed E-state index contributed by atoms with van der Waals surface area (Å²) in [4.78, 5) is 10.00. The van der Waals surface area contributed by atoms with E-state index in [0.717, 1.165) is 11.6 Å². The molecule has 1 aromatic heterocycles. The summed E-state index contributed by atoms with van der Waals surface area (Å²) in [7, 11) is 0. The predicted molar refractivity (Wildman–Crippen MR) is 112 cm³/mol. The summed E-state index contributed by atoms with van der Waals surface area (Å²) in [6.07, 6.45) is -1.38. The first-order chi connectivity index (χ1) is 14.6. The van der Waals surface area contributed by atoms with Crippen molar-refractivity contribution in [3.8, 4) is 6.01 Å². The van der Waals surface area contributed by atoms with E-state index in [9.17, 15) is 26.3 Å². The van der Waals surface area contributed by atoms with Crippen LogP contribution in [-0.2, 0) is 13.1 Å². The second kappa shape index (κ2) is 10.6. The molecule has 0 saturated heterocycles. The van der Waals surface area contributed by atoms with Gasteiger partial charge in [-0.1, -0.05) is 0 Å². The summed E-state index contributed by atoms with van der Waals surface area (Å²) in [6.45, 7) is -0.548. The van der Waals surface area contributed by atoms with Crippen LogP contribution >= 0.6 is 24.8 Å². The molecule has 0 unspecified atom stereocenters. The highest BCUT2D eigenvalue weighted by molar-refractivity contribution is 5.85. The van der Waals surface area contributed by atoms with Crippen molar-refractivity contribution in [1.82, 2.24) is 14.9 Å². The van der Waals surface area contributed by atoms with E-state index in [4.69, 9.17) is 5.73 Å². The van der Waals surface area contributed by atoms with E-state index in [1.807, 2.05) is 0 Å². The molecule has 2 aromatic rings. The summed E-state index contributed by atoms with van der Waals surface area (Å²) in [6, 6.07) is 0.663. The molecule has 1 saturated carbocycles. The molecule has 1 fully saturated rings. The number of hydrogen-bond donors (Lipinski definition) is 1. The van der Waals surface area contributed by atoms with Gasteiger partial charge in [-0.25, -0.2) is 18.2 Å². The number of halogens is 8. The van der Waals surface area contributed by atoms with Gasteiger partial charge in [0.1, 0.15) is 5.82 Å². The molecular formula is C20H22Cl2F6N4O. The van der Waals surface area contributed by atoms with Crippen molar-refractivity contribution in [3.63, 3.8) is 0 Å². The van der Waals surface area contributed by atoms with Crippen LogP contribution in [0.2, 0.25) is 0 Å². The number of rotatable bonds is 4. The molecule has 1 aromatic carbocycles. The number of nitrogens with two attached hydrogens (primary N) is 1. The van der Waals surface area contributed by atoms with E-state index in [2.05, 4.69) is 19.6 Å². The standard InChI is InChI=1S/C20H20F6N4O.2ClH/c21-14-5-16(23)15(22)4-13(14)12-2-1-11(3-17(12)27)30-7-10-6-28-19(29-18(10)8-30)31-9-20(24,25)26;;/h4-6,11-12,17H,1-3,7-9,27H2;2*1H/t11-,12+,17-;;/m0../s1. The zero-order chi connectivity index (χ0) is 22.3. The molecular weight excluding hydrogens is 497 g/mol. The minimum atomic E-state index is -4.48. The third-order valence-corrected chi connectivity index (χ3v) is 5.85. The molecule has 184 valence electrons. The van der Waals surface area contributed by atoms with Crippen molar-refractivity contribution >= 4 is 24.8 Å². The Labute approximate surface area is 198 Å². The van der Waals surface area contributed by atoms with Crippen LogP contribution in [0.5, 0.6) is 6.01 Å². The number of alkyl halides is 3. The minimum absolute atomic E-state index is 0. The van der Waals surface area contributed by atoms with Gasteiger partial charge in [-0.05, 0) is 30.9 Å². The van der Waals surface area contributed by atoms with Crippen LogP contribution in [0.1, 0.15) is 42.0 Å². The lowest BCUT2D eigenvalue weighted by Gasteiger charge is -2.38. The van der Waals surface area contributed by atoms with Crippen molar-refractivity contribution in [2.24, 2.45) is 5.73 Å². The number of ether oxygens (including phenoxy) is 1. The van der Waals surface area contributed by atoms with Crippen LogP contribution in [0.3, 0.4) is 0 Å². The lowest BCUT2D eigenvalue weighted by molar-refractivity contribution is -0.154. The van der Waals surface area contributed by atoms with Crippen molar-refractivity contribution in [3.05, 3.63) is 52.6 Å². The van der Waals surface area contributed by atoms with E-state index in [-0.39, 0.29) is 42.4 Å². The summed E-state index contributed by atoms with van der Waals surface area (Å²) < 4.78 is 82.5. The molecule has 0 amide bonds. The van der Waals surface area contributed by atoms with Gasteiger partial charge in [0, 0.05) is 48.9 Å². The van der Waals surface area contributed by atoms with Gasteiger partial charge in [-0.2, -0.15) is 18.2 Å². The number of aromatic nitrogens is 2. The Bertz CT molecular complexity index is 980. The third-order valence-electron chi connectivity index (χ3n) is 5.85. The molecule has 2 N–H and O–H groups in total. The molecule has 2 aliphatic rings. The smallest absolute Gasteiger partial charge is 0.422 e. The molecule has 13 heteroatoms. The third kappa shape index (κ3) is 6.20. The highest BCUT2D eigenvalue weighted by Gasteiger charge is 2.36. The van der Waals surface area contributed by atoms with E-state index in [1.165, 1.54) is 6.20 Å². The first kappa shape index (κ1) is 27.4. The summed E-state index contributed by atoms with van der Waals surface area (Å²) in [5, 5.41) is 0. The van der Waals surface area contributed by atoms with Crippen LogP contribution in [0.4, 0.5) is 26.3 Å². The maximum absolute atomic E-state index is 14.2. The van der Waals surface area contributed by atoms with Gasteiger partial charge in [-0.3, -0.25) is 4.90 Å².